The van der Waals surface area contributed by atoms with Gasteiger partial charge in [-0.3, -0.25) is 4.79 Å². The van der Waals surface area contributed by atoms with Gasteiger partial charge in [-0.25, -0.2) is 4.79 Å². The van der Waals surface area contributed by atoms with Crippen molar-refractivity contribution in [2.24, 2.45) is 5.41 Å². The molecule has 2 amide bonds. The first kappa shape index (κ1) is 15.8. The average Bonchev–Trinajstić information content (AvgIpc) is 2.43. The topological polar surface area (TPSA) is 81.1 Å². The molecule has 0 aromatic rings. The van der Waals surface area contributed by atoms with E-state index in [4.69, 9.17) is 5.11 Å². The number of aliphatic hydroxyl groups excluding tert-OH is 1. The Hall–Kier alpha value is -1.30. The standard InChI is InChI=1S/C13H24N2O4/c1-3-13(11(17)18)5-7-15(8-6-13)12(19)14(4-2)9-10-16/h16H,3-10H2,1-2H3,(H,17,18). The Kier molecular flexibility index (Phi) is 5.60. The second-order valence-electron chi connectivity index (χ2n) is 5.01. The molecule has 1 aliphatic rings. The van der Waals surface area contributed by atoms with Gasteiger partial charge in [-0.1, -0.05) is 6.92 Å². The van der Waals surface area contributed by atoms with Crippen LogP contribution in [0.25, 0.3) is 0 Å². The molecule has 0 aromatic heterocycles. The molecule has 0 aromatic carbocycles. The van der Waals surface area contributed by atoms with Crippen LogP contribution in [0.1, 0.15) is 33.1 Å². The van der Waals surface area contributed by atoms with Crippen molar-refractivity contribution in [3.63, 3.8) is 0 Å². The maximum atomic E-state index is 12.2. The van der Waals surface area contributed by atoms with E-state index >= 15 is 0 Å². The van der Waals surface area contributed by atoms with Crippen molar-refractivity contribution in [3.8, 4) is 0 Å². The van der Waals surface area contributed by atoms with Crippen LogP contribution in [0.5, 0.6) is 0 Å². The molecular formula is C13H24N2O4. The Morgan fingerprint density at radius 1 is 1.26 bits per heavy atom. The van der Waals surface area contributed by atoms with Gasteiger partial charge in [-0.05, 0) is 26.2 Å². The number of rotatable bonds is 5. The Labute approximate surface area is 114 Å². The van der Waals surface area contributed by atoms with Gasteiger partial charge in [0, 0.05) is 26.2 Å². The Balaban J connectivity index is 2.62. The van der Waals surface area contributed by atoms with Crippen molar-refractivity contribution in [2.45, 2.75) is 33.1 Å². The van der Waals surface area contributed by atoms with Crippen LogP contribution in [-0.2, 0) is 4.79 Å². The van der Waals surface area contributed by atoms with Crippen LogP contribution >= 0.6 is 0 Å². The summed E-state index contributed by atoms with van der Waals surface area (Å²) in [7, 11) is 0. The number of aliphatic carboxylic acids is 1. The molecule has 0 bridgehead atoms. The minimum absolute atomic E-state index is 0.0541. The third kappa shape index (κ3) is 3.37. The second-order valence-corrected chi connectivity index (χ2v) is 5.01. The van der Waals surface area contributed by atoms with E-state index in [2.05, 4.69) is 0 Å². The first-order valence-corrected chi connectivity index (χ1v) is 6.89. The molecule has 1 saturated heterocycles. The van der Waals surface area contributed by atoms with Gasteiger partial charge >= 0.3 is 12.0 Å². The van der Waals surface area contributed by atoms with Gasteiger partial charge in [0.25, 0.3) is 0 Å². The van der Waals surface area contributed by atoms with E-state index < -0.39 is 11.4 Å². The number of carbonyl (C=O) groups excluding carboxylic acids is 1. The van der Waals surface area contributed by atoms with Gasteiger partial charge in [-0.2, -0.15) is 0 Å². The van der Waals surface area contributed by atoms with E-state index in [-0.39, 0.29) is 12.6 Å². The van der Waals surface area contributed by atoms with Crippen LogP contribution in [0.2, 0.25) is 0 Å². The third-order valence-electron chi connectivity index (χ3n) is 4.14. The molecule has 6 heteroatoms. The zero-order valence-electron chi connectivity index (χ0n) is 11.8. The molecule has 2 N–H and O–H groups in total. The maximum Gasteiger partial charge on any atom is 0.320 e. The average molecular weight is 272 g/mol. The van der Waals surface area contributed by atoms with Gasteiger partial charge in [0.15, 0.2) is 0 Å². The number of hydrogen-bond donors (Lipinski definition) is 2. The summed E-state index contributed by atoms with van der Waals surface area (Å²) in [6.45, 7) is 5.52. The number of urea groups is 1. The summed E-state index contributed by atoms with van der Waals surface area (Å²) in [6, 6.07) is -0.105. The number of likely N-dealkylation sites (tertiary alicyclic amines) is 1. The zero-order valence-corrected chi connectivity index (χ0v) is 11.8. The quantitative estimate of drug-likeness (QED) is 0.782. The number of nitrogens with zero attached hydrogens (tertiary/aromatic N) is 2. The summed E-state index contributed by atoms with van der Waals surface area (Å²) in [5.74, 6) is -0.759. The SMILES string of the molecule is CCN(CCO)C(=O)N1CCC(CC)(C(=O)O)CC1. The molecule has 1 aliphatic heterocycles. The molecule has 0 spiro atoms. The highest BCUT2D eigenvalue weighted by Gasteiger charge is 2.41. The molecule has 0 saturated carbocycles. The zero-order chi connectivity index (χ0) is 14.5. The number of piperidine rings is 1. The van der Waals surface area contributed by atoms with Gasteiger partial charge in [-0.15, -0.1) is 0 Å². The Bertz CT molecular complexity index is 325. The molecular weight excluding hydrogens is 248 g/mol. The summed E-state index contributed by atoms with van der Waals surface area (Å²) < 4.78 is 0. The van der Waals surface area contributed by atoms with E-state index in [0.29, 0.717) is 45.4 Å². The van der Waals surface area contributed by atoms with Crippen molar-refractivity contribution < 1.29 is 19.8 Å². The predicted molar refractivity (Wildman–Crippen MR) is 70.9 cm³/mol. The maximum absolute atomic E-state index is 12.2. The van der Waals surface area contributed by atoms with Crippen LogP contribution in [0.15, 0.2) is 0 Å². The summed E-state index contributed by atoms with van der Waals surface area (Å²) in [5.41, 5.74) is -0.676. The summed E-state index contributed by atoms with van der Waals surface area (Å²) in [5, 5.41) is 18.2. The van der Waals surface area contributed by atoms with Crippen molar-refractivity contribution in [2.75, 3.05) is 32.8 Å². The first-order chi connectivity index (χ1) is 9.00. The summed E-state index contributed by atoms with van der Waals surface area (Å²) in [6.07, 6.45) is 1.60. The van der Waals surface area contributed by atoms with Crippen LogP contribution in [0.3, 0.4) is 0 Å². The second kappa shape index (κ2) is 6.75. The number of carbonyl (C=O) groups is 2. The number of amides is 2. The lowest BCUT2D eigenvalue weighted by atomic mass is 9.76. The van der Waals surface area contributed by atoms with Crippen LogP contribution in [-0.4, -0.2) is 64.8 Å². The van der Waals surface area contributed by atoms with Gasteiger partial charge in [0.1, 0.15) is 0 Å². The van der Waals surface area contributed by atoms with Crippen molar-refractivity contribution >= 4 is 12.0 Å². The fourth-order valence-corrected chi connectivity index (χ4v) is 2.55. The number of likely N-dealkylation sites (N-methyl/N-ethyl adjacent to an activating group) is 1. The predicted octanol–water partition coefficient (Wildman–Crippen LogP) is 0.997. The number of aliphatic hydroxyl groups is 1. The molecule has 0 aliphatic carbocycles. The van der Waals surface area contributed by atoms with Crippen molar-refractivity contribution in [1.29, 1.82) is 0 Å². The minimum atomic E-state index is -0.759. The highest BCUT2D eigenvalue weighted by atomic mass is 16.4. The van der Waals surface area contributed by atoms with Gasteiger partial charge in [0.2, 0.25) is 0 Å². The van der Waals surface area contributed by atoms with E-state index in [9.17, 15) is 14.7 Å². The highest BCUT2D eigenvalue weighted by molar-refractivity contribution is 5.77. The highest BCUT2D eigenvalue weighted by Crippen LogP contribution is 2.35. The molecule has 1 heterocycles. The third-order valence-corrected chi connectivity index (χ3v) is 4.14. The lowest BCUT2D eigenvalue weighted by Crippen LogP contribution is -2.51. The van der Waals surface area contributed by atoms with Crippen LogP contribution < -0.4 is 0 Å². The molecule has 6 nitrogen and oxygen atoms in total. The summed E-state index contributed by atoms with van der Waals surface area (Å²) in [4.78, 5) is 26.8. The van der Waals surface area contributed by atoms with Gasteiger partial charge in [0.05, 0.1) is 12.0 Å². The van der Waals surface area contributed by atoms with Crippen molar-refractivity contribution in [1.82, 2.24) is 9.80 Å². The van der Waals surface area contributed by atoms with Crippen LogP contribution in [0, 0.1) is 5.41 Å². The van der Waals surface area contributed by atoms with Crippen molar-refractivity contribution in [3.05, 3.63) is 0 Å². The Morgan fingerprint density at radius 3 is 2.21 bits per heavy atom. The fourth-order valence-electron chi connectivity index (χ4n) is 2.55. The van der Waals surface area contributed by atoms with Crippen LogP contribution in [0.4, 0.5) is 4.79 Å². The monoisotopic (exact) mass is 272 g/mol. The first-order valence-electron chi connectivity index (χ1n) is 6.89. The van der Waals surface area contributed by atoms with E-state index in [1.165, 1.54) is 0 Å². The summed E-state index contributed by atoms with van der Waals surface area (Å²) >= 11 is 0. The van der Waals surface area contributed by atoms with E-state index in [1.807, 2.05) is 13.8 Å². The van der Waals surface area contributed by atoms with E-state index in [1.54, 1.807) is 9.80 Å². The number of carboxylic acids is 1. The molecule has 1 rings (SSSR count). The lowest BCUT2D eigenvalue weighted by Gasteiger charge is -2.40. The molecule has 0 atom stereocenters. The number of hydrogen-bond acceptors (Lipinski definition) is 3. The largest absolute Gasteiger partial charge is 0.481 e. The molecule has 0 unspecified atom stereocenters. The number of carboxylic acid groups (broad SMARTS) is 1. The minimum Gasteiger partial charge on any atom is -0.481 e. The molecule has 0 radical (unpaired) electrons. The molecule has 110 valence electrons. The van der Waals surface area contributed by atoms with Gasteiger partial charge < -0.3 is 20.0 Å². The molecule has 19 heavy (non-hydrogen) atoms. The fraction of sp³-hybridized carbons (Fsp3) is 0.846. The normalized spacial score (nSPS) is 18.2. The Morgan fingerprint density at radius 2 is 1.84 bits per heavy atom. The smallest absolute Gasteiger partial charge is 0.320 e. The lowest BCUT2D eigenvalue weighted by molar-refractivity contribution is -0.152. The van der Waals surface area contributed by atoms with E-state index in [0.717, 1.165) is 0 Å². The molecule has 1 fully saturated rings.